The number of nitrogens with zero attached hydrogens (tertiary/aromatic N) is 6. The van der Waals surface area contributed by atoms with Crippen LogP contribution in [0.5, 0.6) is 0 Å². The first-order chi connectivity index (χ1) is 18.8. The van der Waals surface area contributed by atoms with Gasteiger partial charge in [-0.25, -0.2) is 18.1 Å². The molecular formula is C26H34F3N7O4S. The number of halogens is 3. The minimum absolute atomic E-state index is 0.0364. The van der Waals surface area contributed by atoms with Crippen molar-refractivity contribution in [3.63, 3.8) is 0 Å². The van der Waals surface area contributed by atoms with E-state index >= 15 is 0 Å². The second-order valence-corrected chi connectivity index (χ2v) is 13.5. The number of azo groups is 1. The third kappa shape index (κ3) is 5.87. The number of carbonyl (C=O) groups is 1. The lowest BCUT2D eigenvalue weighted by molar-refractivity contribution is -0.236. The van der Waals surface area contributed by atoms with Gasteiger partial charge in [0.25, 0.3) is 15.9 Å². The van der Waals surface area contributed by atoms with Crippen molar-refractivity contribution in [1.82, 2.24) is 19.5 Å². The smallest absolute Gasteiger partial charge is 0.351 e. The van der Waals surface area contributed by atoms with Gasteiger partial charge in [-0.15, -0.1) is 5.11 Å². The molecule has 2 aromatic heterocycles. The van der Waals surface area contributed by atoms with Crippen LogP contribution in [0.25, 0.3) is 0 Å². The first-order valence-electron chi connectivity index (χ1n) is 12.9. The molecule has 2 atom stereocenters. The minimum Gasteiger partial charge on any atom is -0.351 e. The van der Waals surface area contributed by atoms with E-state index in [1.807, 2.05) is 25.7 Å². The first kappa shape index (κ1) is 30.6. The Morgan fingerprint density at radius 2 is 1.93 bits per heavy atom. The van der Waals surface area contributed by atoms with Gasteiger partial charge in [-0.1, -0.05) is 6.92 Å². The molecule has 2 aliphatic rings. The van der Waals surface area contributed by atoms with Gasteiger partial charge in [0.2, 0.25) is 5.72 Å². The maximum absolute atomic E-state index is 13.6. The molecule has 2 aliphatic heterocycles. The molecule has 1 amide bonds. The van der Waals surface area contributed by atoms with Gasteiger partial charge in [-0.2, -0.15) is 23.4 Å². The van der Waals surface area contributed by atoms with E-state index in [4.69, 9.17) is 4.74 Å². The van der Waals surface area contributed by atoms with Crippen molar-refractivity contribution in [3.05, 3.63) is 47.6 Å². The molecule has 0 spiro atoms. The maximum atomic E-state index is 13.6. The SMILES string of the molecule is Cc1nn(C)cc1S(=O)(=O)NC(=O)c1ccc(C2(OCC(C)(C)C(F)(F)F)C=CN=N2)nc1N1C[C@@H](C)CC1(C)C. The number of rotatable bonds is 8. The van der Waals surface area contributed by atoms with Crippen LogP contribution in [-0.4, -0.2) is 54.0 Å². The van der Waals surface area contributed by atoms with E-state index in [1.165, 1.54) is 42.2 Å². The van der Waals surface area contributed by atoms with Gasteiger partial charge in [0.15, 0.2) is 0 Å². The largest absolute Gasteiger partial charge is 0.396 e. The number of nitrogens with one attached hydrogen (secondary N) is 1. The number of sulfonamides is 1. The summed E-state index contributed by atoms with van der Waals surface area (Å²) in [6.45, 7) is 9.28. The third-order valence-electron chi connectivity index (χ3n) is 7.29. The normalized spacial score (nSPS) is 22.5. The molecule has 0 saturated carbocycles. The predicted octanol–water partition coefficient (Wildman–Crippen LogP) is 4.60. The van der Waals surface area contributed by atoms with Crippen LogP contribution in [0, 0.1) is 18.3 Å². The van der Waals surface area contributed by atoms with E-state index in [2.05, 4.69) is 25.0 Å². The molecule has 15 heteroatoms. The monoisotopic (exact) mass is 597 g/mol. The Morgan fingerprint density at radius 1 is 1.24 bits per heavy atom. The zero-order valence-electron chi connectivity index (χ0n) is 23.9. The van der Waals surface area contributed by atoms with Crippen molar-refractivity contribution in [3.8, 4) is 0 Å². The minimum atomic E-state index is -4.54. The van der Waals surface area contributed by atoms with Crippen LogP contribution in [0.2, 0.25) is 0 Å². The third-order valence-corrected chi connectivity index (χ3v) is 8.73. The highest BCUT2D eigenvalue weighted by Gasteiger charge is 2.50. The van der Waals surface area contributed by atoms with E-state index in [9.17, 15) is 26.4 Å². The average molecular weight is 598 g/mol. The summed E-state index contributed by atoms with van der Waals surface area (Å²) in [7, 11) is -2.72. The Bertz CT molecular complexity index is 1500. The molecule has 0 aliphatic carbocycles. The standard InChI is InChI=1S/C26H34F3N7O4S/c1-16-12-24(5,6)36(13-16)21-18(22(37)33-41(38,39)19-14-35(7)32-17(19)2)8-9-20(31-21)25(10-11-30-34-25)40-15-23(3,4)26(27,28)29/h8-11,14,16H,12-13,15H2,1-7H3,(H,33,37)/t16-,25?/m0/s1. The number of hydrogen-bond donors (Lipinski definition) is 1. The zero-order chi connectivity index (χ0) is 30.6. The van der Waals surface area contributed by atoms with Crippen LogP contribution in [-0.2, 0) is 27.5 Å². The fraction of sp³-hybridized carbons (Fsp3) is 0.577. The number of amides is 1. The van der Waals surface area contributed by atoms with Crippen molar-refractivity contribution in [2.75, 3.05) is 18.1 Å². The summed E-state index contributed by atoms with van der Waals surface area (Å²) in [4.78, 5) is 19.9. The molecule has 4 heterocycles. The summed E-state index contributed by atoms with van der Waals surface area (Å²) >= 11 is 0. The Labute approximate surface area is 236 Å². The molecule has 1 unspecified atom stereocenters. The lowest BCUT2D eigenvalue weighted by atomic mass is 9.94. The predicted molar refractivity (Wildman–Crippen MR) is 144 cm³/mol. The molecule has 1 fully saturated rings. The lowest BCUT2D eigenvalue weighted by Crippen LogP contribution is -2.42. The topological polar surface area (TPSA) is 131 Å². The molecule has 224 valence electrons. The fourth-order valence-electron chi connectivity index (χ4n) is 5.01. The van der Waals surface area contributed by atoms with Crippen LogP contribution < -0.4 is 9.62 Å². The average Bonchev–Trinajstić information content (AvgIpc) is 3.53. The van der Waals surface area contributed by atoms with Gasteiger partial charge in [0.05, 0.1) is 29.5 Å². The van der Waals surface area contributed by atoms with Crippen LogP contribution in [0.4, 0.5) is 19.0 Å². The van der Waals surface area contributed by atoms with Crippen molar-refractivity contribution < 1.29 is 31.1 Å². The Hall–Kier alpha value is -3.33. The first-order valence-corrected chi connectivity index (χ1v) is 14.4. The molecule has 2 aromatic rings. The van der Waals surface area contributed by atoms with E-state index < -0.39 is 45.4 Å². The Kier molecular flexibility index (Phi) is 7.61. The molecule has 0 radical (unpaired) electrons. The molecule has 11 nitrogen and oxygen atoms in total. The molecule has 4 rings (SSSR count). The van der Waals surface area contributed by atoms with Gasteiger partial charge in [-0.3, -0.25) is 9.48 Å². The number of hydrogen-bond acceptors (Lipinski definition) is 9. The van der Waals surface area contributed by atoms with Crippen molar-refractivity contribution in [2.24, 2.45) is 28.6 Å². The number of aryl methyl sites for hydroxylation is 2. The van der Waals surface area contributed by atoms with E-state index in [-0.39, 0.29) is 33.6 Å². The summed E-state index contributed by atoms with van der Waals surface area (Å²) in [6, 6.07) is 2.75. The maximum Gasteiger partial charge on any atom is 0.396 e. The highest BCUT2D eigenvalue weighted by atomic mass is 32.2. The van der Waals surface area contributed by atoms with E-state index in [0.29, 0.717) is 6.54 Å². The Morgan fingerprint density at radius 3 is 2.44 bits per heavy atom. The highest BCUT2D eigenvalue weighted by Crippen LogP contribution is 2.43. The number of pyridine rings is 1. The lowest BCUT2D eigenvalue weighted by Gasteiger charge is -2.35. The van der Waals surface area contributed by atoms with Gasteiger partial charge < -0.3 is 9.64 Å². The highest BCUT2D eigenvalue weighted by molar-refractivity contribution is 7.90. The summed E-state index contributed by atoms with van der Waals surface area (Å²) < 4.78 is 76.1. The van der Waals surface area contributed by atoms with Gasteiger partial charge in [0, 0.05) is 25.3 Å². The van der Waals surface area contributed by atoms with Crippen LogP contribution in [0.15, 0.2) is 45.7 Å². The molecule has 41 heavy (non-hydrogen) atoms. The fourth-order valence-corrected chi connectivity index (χ4v) is 6.20. The van der Waals surface area contributed by atoms with Crippen molar-refractivity contribution in [2.45, 2.75) is 70.3 Å². The second kappa shape index (κ2) is 10.2. The summed E-state index contributed by atoms with van der Waals surface area (Å²) in [5, 5.41) is 11.9. The van der Waals surface area contributed by atoms with Crippen LogP contribution in [0.3, 0.4) is 0 Å². The number of carbonyl (C=O) groups excluding carboxylic acids is 1. The molecule has 1 N–H and O–H groups in total. The molecular weight excluding hydrogens is 563 g/mol. The zero-order valence-corrected chi connectivity index (χ0v) is 24.8. The van der Waals surface area contributed by atoms with E-state index in [0.717, 1.165) is 20.3 Å². The summed E-state index contributed by atoms with van der Waals surface area (Å²) in [6.07, 6.45) is 0.196. The quantitative estimate of drug-likeness (QED) is 0.470. The van der Waals surface area contributed by atoms with Gasteiger partial charge in [0.1, 0.15) is 16.4 Å². The molecule has 0 bridgehead atoms. The second-order valence-electron chi connectivity index (χ2n) is 11.9. The summed E-state index contributed by atoms with van der Waals surface area (Å²) in [5.74, 6) is -0.549. The van der Waals surface area contributed by atoms with Crippen LogP contribution >= 0.6 is 0 Å². The number of ether oxygens (including phenoxy) is 1. The van der Waals surface area contributed by atoms with E-state index in [1.54, 1.807) is 7.05 Å². The van der Waals surface area contributed by atoms with Crippen molar-refractivity contribution >= 4 is 21.7 Å². The molecule has 1 saturated heterocycles. The molecule has 0 aromatic carbocycles. The van der Waals surface area contributed by atoms with Crippen molar-refractivity contribution in [1.29, 1.82) is 0 Å². The number of anilines is 1. The summed E-state index contributed by atoms with van der Waals surface area (Å²) in [5.41, 5.74) is -4.15. The van der Waals surface area contributed by atoms with Gasteiger partial charge in [-0.05, 0) is 65.2 Å². The number of alkyl halides is 3. The van der Waals surface area contributed by atoms with Crippen LogP contribution in [0.1, 0.15) is 62.8 Å². The Balaban J connectivity index is 1.77. The van der Waals surface area contributed by atoms with Gasteiger partial charge >= 0.3 is 6.18 Å². The number of aromatic nitrogens is 3.